The van der Waals surface area contributed by atoms with Gasteiger partial charge < -0.3 is 10.3 Å². The van der Waals surface area contributed by atoms with Gasteiger partial charge in [-0.05, 0) is 41.3 Å². The van der Waals surface area contributed by atoms with Crippen LogP contribution in [-0.2, 0) is 6.54 Å². The minimum Gasteiger partial charge on any atom is -0.380 e. The highest BCUT2D eigenvalue weighted by molar-refractivity contribution is 6.34. The van der Waals surface area contributed by atoms with Crippen LogP contribution in [0.4, 0.5) is 5.69 Å². The topological polar surface area (TPSA) is 57.8 Å². The summed E-state index contributed by atoms with van der Waals surface area (Å²) >= 11 is 6.21. The first-order valence-electron chi connectivity index (χ1n) is 6.18. The number of nitrogens with one attached hydrogen (secondary N) is 2. The number of rotatable bonds is 3. The maximum absolute atomic E-state index is 11.7. The second kappa shape index (κ2) is 5.35. The number of fused-ring (bicyclic) bond motifs is 1. The molecular weight excluding hydrogens is 274 g/mol. The first kappa shape index (κ1) is 12.7. The summed E-state index contributed by atoms with van der Waals surface area (Å²) in [5, 5.41) is 5.25. The number of aromatic amines is 1. The Morgan fingerprint density at radius 1 is 1.20 bits per heavy atom. The third kappa shape index (κ3) is 2.51. The van der Waals surface area contributed by atoms with Crippen molar-refractivity contribution >= 4 is 28.1 Å². The number of nitrogens with zero attached hydrogens (tertiary/aromatic N) is 1. The fourth-order valence-electron chi connectivity index (χ4n) is 2.04. The standard InChI is InChI=1S/C15H12ClN3O/c16-13-8-12-11(3-6-18-15(12)20)7-14(13)19-9-10-1-4-17-5-2-10/h1-8,19H,9H2,(H,18,20). The van der Waals surface area contributed by atoms with E-state index >= 15 is 0 Å². The molecule has 0 unspecified atom stereocenters. The minimum atomic E-state index is -0.134. The molecule has 0 radical (unpaired) electrons. The lowest BCUT2D eigenvalue weighted by atomic mass is 10.1. The third-order valence-electron chi connectivity index (χ3n) is 3.09. The van der Waals surface area contributed by atoms with Gasteiger partial charge in [0.05, 0.1) is 10.7 Å². The van der Waals surface area contributed by atoms with Crippen molar-refractivity contribution < 1.29 is 0 Å². The Morgan fingerprint density at radius 3 is 2.80 bits per heavy atom. The van der Waals surface area contributed by atoms with Crippen LogP contribution in [0.1, 0.15) is 5.56 Å². The van der Waals surface area contributed by atoms with E-state index in [4.69, 9.17) is 11.6 Å². The number of benzene rings is 1. The molecule has 2 aromatic heterocycles. The van der Waals surface area contributed by atoms with E-state index in [1.807, 2.05) is 24.3 Å². The Labute approximate surface area is 120 Å². The van der Waals surface area contributed by atoms with Crippen molar-refractivity contribution in [3.8, 4) is 0 Å². The molecule has 0 atom stereocenters. The predicted molar refractivity (Wildman–Crippen MR) is 81.1 cm³/mol. The maximum atomic E-state index is 11.7. The van der Waals surface area contributed by atoms with Crippen LogP contribution in [0, 0.1) is 0 Å². The first-order chi connectivity index (χ1) is 9.74. The molecule has 0 aliphatic heterocycles. The van der Waals surface area contributed by atoms with Crippen LogP contribution < -0.4 is 10.9 Å². The van der Waals surface area contributed by atoms with Gasteiger partial charge in [0.2, 0.25) is 0 Å². The summed E-state index contributed by atoms with van der Waals surface area (Å²) in [6, 6.07) is 9.29. The van der Waals surface area contributed by atoms with Crippen LogP contribution in [0.25, 0.3) is 10.8 Å². The summed E-state index contributed by atoms with van der Waals surface area (Å²) in [7, 11) is 0. The molecule has 0 saturated heterocycles. The molecule has 3 rings (SSSR count). The molecule has 0 spiro atoms. The molecule has 0 fully saturated rings. The molecular formula is C15H12ClN3O. The molecule has 100 valence electrons. The second-order valence-electron chi connectivity index (χ2n) is 4.44. The van der Waals surface area contributed by atoms with Gasteiger partial charge in [-0.15, -0.1) is 0 Å². The Morgan fingerprint density at radius 2 is 2.00 bits per heavy atom. The van der Waals surface area contributed by atoms with Crippen LogP contribution in [-0.4, -0.2) is 9.97 Å². The highest BCUT2D eigenvalue weighted by Gasteiger charge is 2.05. The van der Waals surface area contributed by atoms with Gasteiger partial charge in [0.15, 0.2) is 0 Å². The van der Waals surface area contributed by atoms with Gasteiger partial charge in [0, 0.05) is 30.5 Å². The lowest BCUT2D eigenvalue weighted by molar-refractivity contribution is 1.13. The smallest absolute Gasteiger partial charge is 0.255 e. The van der Waals surface area contributed by atoms with Crippen molar-refractivity contribution in [3.05, 3.63) is 69.9 Å². The van der Waals surface area contributed by atoms with Crippen molar-refractivity contribution in [1.29, 1.82) is 0 Å². The number of hydrogen-bond donors (Lipinski definition) is 2. The van der Waals surface area contributed by atoms with E-state index in [-0.39, 0.29) is 5.56 Å². The maximum Gasteiger partial charge on any atom is 0.255 e. The van der Waals surface area contributed by atoms with Crippen LogP contribution in [0.5, 0.6) is 0 Å². The average Bonchev–Trinajstić information content (AvgIpc) is 2.47. The molecule has 5 heteroatoms. The van der Waals surface area contributed by atoms with E-state index < -0.39 is 0 Å². The molecule has 2 heterocycles. The number of pyridine rings is 2. The minimum absolute atomic E-state index is 0.134. The molecule has 2 N–H and O–H groups in total. The lowest BCUT2D eigenvalue weighted by Crippen LogP contribution is -2.05. The summed E-state index contributed by atoms with van der Waals surface area (Å²) in [6.45, 7) is 0.650. The Hall–Kier alpha value is -2.33. The number of anilines is 1. The molecule has 0 saturated carbocycles. The lowest BCUT2D eigenvalue weighted by Gasteiger charge is -2.09. The summed E-state index contributed by atoms with van der Waals surface area (Å²) in [6.07, 6.45) is 5.13. The zero-order valence-electron chi connectivity index (χ0n) is 10.6. The summed E-state index contributed by atoms with van der Waals surface area (Å²) in [4.78, 5) is 18.3. The van der Waals surface area contributed by atoms with E-state index in [0.29, 0.717) is 17.0 Å². The van der Waals surface area contributed by atoms with Gasteiger partial charge in [0.1, 0.15) is 0 Å². The zero-order chi connectivity index (χ0) is 13.9. The largest absolute Gasteiger partial charge is 0.380 e. The molecule has 0 amide bonds. The van der Waals surface area contributed by atoms with Gasteiger partial charge >= 0.3 is 0 Å². The van der Waals surface area contributed by atoms with E-state index in [2.05, 4.69) is 15.3 Å². The zero-order valence-corrected chi connectivity index (χ0v) is 11.3. The summed E-state index contributed by atoms with van der Waals surface area (Å²) in [5.41, 5.74) is 1.79. The Bertz CT molecular complexity index is 799. The Balaban J connectivity index is 1.92. The van der Waals surface area contributed by atoms with Crippen molar-refractivity contribution in [3.63, 3.8) is 0 Å². The molecule has 0 aliphatic carbocycles. The first-order valence-corrected chi connectivity index (χ1v) is 6.55. The van der Waals surface area contributed by atoms with E-state index in [0.717, 1.165) is 16.6 Å². The Kier molecular flexibility index (Phi) is 3.39. The number of halogens is 1. The summed E-state index contributed by atoms with van der Waals surface area (Å²) < 4.78 is 0. The third-order valence-corrected chi connectivity index (χ3v) is 3.41. The molecule has 0 aliphatic rings. The highest BCUT2D eigenvalue weighted by Crippen LogP contribution is 2.26. The van der Waals surface area contributed by atoms with Crippen LogP contribution >= 0.6 is 11.6 Å². The number of hydrogen-bond acceptors (Lipinski definition) is 3. The quantitative estimate of drug-likeness (QED) is 0.777. The molecule has 0 bridgehead atoms. The van der Waals surface area contributed by atoms with Crippen molar-refractivity contribution in [2.24, 2.45) is 0 Å². The SMILES string of the molecule is O=c1[nH]ccc2cc(NCc3ccncc3)c(Cl)cc12. The van der Waals surface area contributed by atoms with Crippen LogP contribution in [0.2, 0.25) is 5.02 Å². The van der Waals surface area contributed by atoms with Crippen LogP contribution in [0.3, 0.4) is 0 Å². The van der Waals surface area contributed by atoms with E-state index in [1.165, 1.54) is 0 Å². The van der Waals surface area contributed by atoms with Gasteiger partial charge in [-0.25, -0.2) is 0 Å². The molecule has 1 aromatic carbocycles. The monoisotopic (exact) mass is 285 g/mol. The fourth-order valence-corrected chi connectivity index (χ4v) is 2.27. The summed E-state index contributed by atoms with van der Waals surface area (Å²) in [5.74, 6) is 0. The van der Waals surface area contributed by atoms with Crippen molar-refractivity contribution in [2.75, 3.05) is 5.32 Å². The van der Waals surface area contributed by atoms with Crippen molar-refractivity contribution in [2.45, 2.75) is 6.54 Å². The molecule has 4 nitrogen and oxygen atoms in total. The van der Waals surface area contributed by atoms with Gasteiger partial charge in [-0.3, -0.25) is 9.78 Å². The van der Waals surface area contributed by atoms with E-state index in [9.17, 15) is 4.79 Å². The second-order valence-corrected chi connectivity index (χ2v) is 4.84. The number of H-pyrrole nitrogens is 1. The predicted octanol–water partition coefficient (Wildman–Crippen LogP) is 3.19. The van der Waals surface area contributed by atoms with Gasteiger partial charge in [-0.1, -0.05) is 11.6 Å². The highest BCUT2D eigenvalue weighted by atomic mass is 35.5. The molecule has 20 heavy (non-hydrogen) atoms. The number of aromatic nitrogens is 2. The van der Waals surface area contributed by atoms with E-state index in [1.54, 1.807) is 24.7 Å². The van der Waals surface area contributed by atoms with Gasteiger partial charge in [0.25, 0.3) is 5.56 Å². The van der Waals surface area contributed by atoms with Gasteiger partial charge in [-0.2, -0.15) is 0 Å². The van der Waals surface area contributed by atoms with Crippen molar-refractivity contribution in [1.82, 2.24) is 9.97 Å². The average molecular weight is 286 g/mol. The van der Waals surface area contributed by atoms with Crippen LogP contribution in [0.15, 0.2) is 53.7 Å². The normalized spacial score (nSPS) is 10.7. The molecule has 3 aromatic rings. The fraction of sp³-hybridized carbons (Fsp3) is 0.0667.